The molecule has 1 aliphatic rings. The Hall–Kier alpha value is -1.47. The molecule has 0 bridgehead atoms. The van der Waals surface area contributed by atoms with E-state index in [9.17, 15) is 9.59 Å². The maximum absolute atomic E-state index is 9.67. The van der Waals surface area contributed by atoms with Crippen LogP contribution >= 0.6 is 0 Å². The van der Waals surface area contributed by atoms with E-state index in [1.54, 1.807) is 0 Å². The van der Waals surface area contributed by atoms with Gasteiger partial charge in [0.15, 0.2) is 0 Å². The van der Waals surface area contributed by atoms with E-state index in [1.807, 2.05) is 0 Å². The minimum Gasteiger partial charge on any atom is -0.469 e. The van der Waals surface area contributed by atoms with Gasteiger partial charge >= 0.3 is 5.97 Å². The third-order valence-corrected chi connectivity index (χ3v) is 1.78. The summed E-state index contributed by atoms with van der Waals surface area (Å²) in [6.07, 6.45) is 1.06. The maximum atomic E-state index is 9.67. The zero-order valence-electron chi connectivity index (χ0n) is 11.5. The fourth-order valence-electron chi connectivity index (χ4n) is 0.782. The van der Waals surface area contributed by atoms with Crippen molar-refractivity contribution in [1.29, 1.82) is 0 Å². The second kappa shape index (κ2) is 13.6. The van der Waals surface area contributed by atoms with E-state index in [0.717, 1.165) is 32.5 Å². The number of nitrogens with two attached hydrogens (primary N) is 1. The average Bonchev–Trinajstić information content (AvgIpc) is 2.31. The van der Waals surface area contributed by atoms with Crippen molar-refractivity contribution in [3.05, 3.63) is 0 Å². The molecule has 1 amide bonds. The van der Waals surface area contributed by atoms with Gasteiger partial charge in [0.05, 0.1) is 26.5 Å². The molecule has 1 heterocycles. The number of rotatable bonds is 1. The summed E-state index contributed by atoms with van der Waals surface area (Å²) in [7, 11) is 4.95. The number of methoxy groups -OCH3 is 1. The van der Waals surface area contributed by atoms with Crippen LogP contribution in [-0.2, 0) is 19.1 Å². The van der Waals surface area contributed by atoms with Crippen molar-refractivity contribution in [3.63, 3.8) is 0 Å². The summed E-state index contributed by atoms with van der Waals surface area (Å²) in [6, 6.07) is 0. The van der Waals surface area contributed by atoms with Gasteiger partial charge in [0, 0.05) is 27.1 Å². The van der Waals surface area contributed by atoms with E-state index in [-0.39, 0.29) is 5.97 Å². The molecule has 2 N–H and O–H groups in total. The number of carbonyl (C=O) groups is 2. The summed E-state index contributed by atoms with van der Waals surface area (Å²) < 4.78 is 9.21. The van der Waals surface area contributed by atoms with E-state index < -0.39 is 5.91 Å². The van der Waals surface area contributed by atoms with E-state index >= 15 is 0 Å². The van der Waals surface area contributed by atoms with Crippen molar-refractivity contribution in [2.24, 2.45) is 10.7 Å². The van der Waals surface area contributed by atoms with E-state index in [4.69, 9.17) is 4.74 Å². The second-order valence-electron chi connectivity index (χ2n) is 3.40. The van der Waals surface area contributed by atoms with Crippen LogP contribution in [0.4, 0.5) is 0 Å². The van der Waals surface area contributed by atoms with Crippen LogP contribution in [0.5, 0.6) is 0 Å². The predicted molar refractivity (Wildman–Crippen MR) is 69.6 cm³/mol. The van der Waals surface area contributed by atoms with Crippen molar-refractivity contribution >= 4 is 18.1 Å². The monoisotopic (exact) mass is 261 g/mol. The van der Waals surface area contributed by atoms with Crippen molar-refractivity contribution in [2.75, 3.05) is 47.5 Å². The first-order chi connectivity index (χ1) is 8.43. The van der Waals surface area contributed by atoms with Crippen LogP contribution in [0.2, 0.25) is 0 Å². The van der Waals surface area contributed by atoms with Gasteiger partial charge in [-0.05, 0) is 7.05 Å². The zero-order valence-corrected chi connectivity index (χ0v) is 11.5. The first-order valence-electron chi connectivity index (χ1n) is 5.46. The van der Waals surface area contributed by atoms with Gasteiger partial charge in [0.25, 0.3) is 5.91 Å². The third kappa shape index (κ3) is 20.0. The minimum absolute atomic E-state index is 0.245. The first kappa shape index (κ1) is 18.9. The first-order valence-corrected chi connectivity index (χ1v) is 5.46. The SMILES string of the molecule is CN1CCOCC1.CN=CC(N)=O.COC(C)=O. The normalized spacial score (nSPS) is 14.9. The van der Waals surface area contributed by atoms with Crippen molar-refractivity contribution in [2.45, 2.75) is 6.92 Å². The minimum atomic E-state index is -0.502. The lowest BCUT2D eigenvalue weighted by molar-refractivity contribution is -0.137. The van der Waals surface area contributed by atoms with E-state index in [0.29, 0.717) is 0 Å². The highest BCUT2D eigenvalue weighted by Gasteiger charge is 2.02. The van der Waals surface area contributed by atoms with Gasteiger partial charge < -0.3 is 20.1 Å². The zero-order chi connectivity index (χ0) is 14.4. The molecule has 1 saturated heterocycles. The standard InChI is InChI=1S/C5H11NO.C3H6N2O.C3H6O2/c1-6-2-4-7-5-3-6;1-5-2-3(4)6;1-3(4)5-2/h2-5H2,1H3;2H,1H3,(H2,4,6);1-2H3. The molecule has 0 unspecified atom stereocenters. The lowest BCUT2D eigenvalue weighted by atomic mass is 10.5. The highest BCUT2D eigenvalue weighted by atomic mass is 16.5. The third-order valence-electron chi connectivity index (χ3n) is 1.78. The Balaban J connectivity index is 0. The van der Waals surface area contributed by atoms with E-state index in [1.165, 1.54) is 21.1 Å². The molecule has 0 radical (unpaired) electrons. The largest absolute Gasteiger partial charge is 0.469 e. The highest BCUT2D eigenvalue weighted by molar-refractivity contribution is 6.25. The molecule has 1 aliphatic heterocycles. The summed E-state index contributed by atoms with van der Waals surface area (Å²) >= 11 is 0. The average molecular weight is 261 g/mol. The Morgan fingerprint density at radius 3 is 1.94 bits per heavy atom. The van der Waals surface area contributed by atoms with Crippen LogP contribution < -0.4 is 5.73 Å². The Morgan fingerprint density at radius 2 is 1.83 bits per heavy atom. The number of primary amides is 1. The predicted octanol–water partition coefficient (Wildman–Crippen LogP) is -0.700. The number of nitrogens with zero attached hydrogens (tertiary/aromatic N) is 2. The fourth-order valence-corrected chi connectivity index (χ4v) is 0.782. The number of morpholine rings is 1. The molecule has 1 fully saturated rings. The van der Waals surface area contributed by atoms with Crippen molar-refractivity contribution < 1.29 is 19.1 Å². The molecule has 0 aliphatic carbocycles. The Labute approximate surface area is 108 Å². The van der Waals surface area contributed by atoms with Gasteiger partial charge in [-0.2, -0.15) is 0 Å². The smallest absolute Gasteiger partial charge is 0.302 e. The molecule has 7 heteroatoms. The van der Waals surface area contributed by atoms with Crippen LogP contribution in [0, 0.1) is 0 Å². The number of carbonyl (C=O) groups excluding carboxylic acids is 2. The Morgan fingerprint density at radius 1 is 1.39 bits per heavy atom. The Bertz CT molecular complexity index is 251. The van der Waals surface area contributed by atoms with Gasteiger partial charge in [-0.15, -0.1) is 0 Å². The molecule has 1 rings (SSSR count). The molecule has 0 spiro atoms. The van der Waals surface area contributed by atoms with Gasteiger partial charge in [0.2, 0.25) is 0 Å². The molecule has 0 aromatic rings. The quantitative estimate of drug-likeness (QED) is 0.497. The molecular formula is C11H23N3O4. The molecule has 0 aromatic carbocycles. The summed E-state index contributed by atoms with van der Waals surface area (Å²) in [5.74, 6) is -0.748. The van der Waals surface area contributed by atoms with Crippen LogP contribution in [0.25, 0.3) is 0 Å². The number of esters is 1. The molecular weight excluding hydrogens is 238 g/mol. The second-order valence-corrected chi connectivity index (χ2v) is 3.40. The van der Waals surface area contributed by atoms with Gasteiger partial charge in [-0.1, -0.05) is 0 Å². The topological polar surface area (TPSA) is 94.2 Å². The number of hydrogen-bond donors (Lipinski definition) is 1. The summed E-state index contributed by atoms with van der Waals surface area (Å²) in [6.45, 7) is 5.38. The molecule has 0 aromatic heterocycles. The lowest BCUT2D eigenvalue weighted by Gasteiger charge is -2.21. The van der Waals surface area contributed by atoms with Crippen LogP contribution in [-0.4, -0.2) is 70.5 Å². The van der Waals surface area contributed by atoms with Crippen LogP contribution in [0.15, 0.2) is 4.99 Å². The molecule has 7 nitrogen and oxygen atoms in total. The molecule has 106 valence electrons. The summed E-state index contributed by atoms with van der Waals surface area (Å²) in [5, 5.41) is 0. The molecule has 0 saturated carbocycles. The van der Waals surface area contributed by atoms with Crippen LogP contribution in [0.1, 0.15) is 6.92 Å². The number of amides is 1. The lowest BCUT2D eigenvalue weighted by Crippen LogP contribution is -2.32. The number of ether oxygens (including phenoxy) is 2. The number of aliphatic imine (C=N–C) groups is 1. The summed E-state index contributed by atoms with van der Waals surface area (Å²) in [5.41, 5.74) is 4.61. The van der Waals surface area contributed by atoms with Crippen molar-refractivity contribution in [1.82, 2.24) is 4.90 Å². The maximum Gasteiger partial charge on any atom is 0.302 e. The number of likely N-dealkylation sites (N-methyl/N-ethyl adjacent to an activating group) is 1. The number of hydrogen-bond acceptors (Lipinski definition) is 6. The highest BCUT2D eigenvalue weighted by Crippen LogP contribution is 1.89. The van der Waals surface area contributed by atoms with Crippen LogP contribution in [0.3, 0.4) is 0 Å². The van der Waals surface area contributed by atoms with E-state index in [2.05, 4.69) is 27.4 Å². The summed E-state index contributed by atoms with van der Waals surface area (Å²) in [4.78, 5) is 24.9. The fraction of sp³-hybridized carbons (Fsp3) is 0.727. The van der Waals surface area contributed by atoms with Gasteiger partial charge in [-0.3, -0.25) is 14.6 Å². The Kier molecular flexibility index (Phi) is 14.3. The van der Waals surface area contributed by atoms with Gasteiger partial charge in [0.1, 0.15) is 0 Å². The van der Waals surface area contributed by atoms with Gasteiger partial charge in [-0.25, -0.2) is 0 Å². The molecule has 18 heavy (non-hydrogen) atoms. The molecule has 0 atom stereocenters. The van der Waals surface area contributed by atoms with Crippen molar-refractivity contribution in [3.8, 4) is 0 Å².